The second kappa shape index (κ2) is 6.66. The monoisotopic (exact) mass is 159 g/mol. The van der Waals surface area contributed by atoms with Crippen LogP contribution in [0.25, 0.3) is 0 Å². The van der Waals surface area contributed by atoms with E-state index in [4.69, 9.17) is 0 Å². The van der Waals surface area contributed by atoms with Gasteiger partial charge in [0.05, 0.1) is 0 Å². The third-order valence-corrected chi connectivity index (χ3v) is 1.65. The Morgan fingerprint density at radius 2 is 1.25 bits per heavy atom. The normalized spacial score (nSPS) is 29.3. The van der Waals surface area contributed by atoms with Gasteiger partial charge in [0, 0.05) is 0 Å². The second-order valence-electron chi connectivity index (χ2n) is 2.72. The number of hydrogen-bond acceptors (Lipinski definition) is 0. The van der Waals surface area contributed by atoms with Crippen LogP contribution >= 0.6 is 0 Å². The summed E-state index contributed by atoms with van der Waals surface area (Å²) in [7, 11) is 0. The van der Waals surface area contributed by atoms with Gasteiger partial charge in [0.1, 0.15) is 0 Å². The molecule has 1 aliphatic carbocycles. The van der Waals surface area contributed by atoms with Crippen molar-refractivity contribution in [2.45, 2.75) is 19.3 Å². The zero-order chi connectivity index (χ0) is 8.49. The van der Waals surface area contributed by atoms with Crippen LogP contribution in [0, 0.1) is 6.42 Å². The lowest BCUT2D eigenvalue weighted by molar-refractivity contribution is 1.05. The highest BCUT2D eigenvalue weighted by atomic mass is 13.9. The van der Waals surface area contributed by atoms with Crippen LogP contribution in [-0.2, 0) is 0 Å². The molecule has 0 nitrogen and oxygen atoms in total. The molecule has 0 amide bonds. The Morgan fingerprint density at radius 3 is 2.08 bits per heavy atom. The molecule has 0 N–H and O–H groups in total. The molecule has 0 heterocycles. The van der Waals surface area contributed by atoms with E-state index in [1.54, 1.807) is 0 Å². The van der Waals surface area contributed by atoms with Crippen molar-refractivity contribution < 1.29 is 0 Å². The minimum absolute atomic E-state index is 1.03. The van der Waals surface area contributed by atoms with Crippen molar-refractivity contribution in [3.63, 3.8) is 0 Å². The summed E-state index contributed by atoms with van der Waals surface area (Å²) >= 11 is 0. The predicted octanol–water partition coefficient (Wildman–Crippen LogP) is 3.60. The van der Waals surface area contributed by atoms with Crippen LogP contribution < -0.4 is 0 Å². The van der Waals surface area contributed by atoms with Gasteiger partial charge in [-0.1, -0.05) is 48.6 Å². The Labute approximate surface area is 75.0 Å². The van der Waals surface area contributed by atoms with Gasteiger partial charge in [0.2, 0.25) is 0 Å². The van der Waals surface area contributed by atoms with Crippen LogP contribution in [0.4, 0.5) is 0 Å². The Balaban J connectivity index is 2.42. The third-order valence-electron chi connectivity index (χ3n) is 1.65. The minimum Gasteiger partial charge on any atom is -0.0879 e. The summed E-state index contributed by atoms with van der Waals surface area (Å²) in [6, 6.07) is 0. The highest BCUT2D eigenvalue weighted by Gasteiger charge is 1.79. The van der Waals surface area contributed by atoms with Gasteiger partial charge >= 0.3 is 0 Å². The quantitative estimate of drug-likeness (QED) is 0.506. The first-order chi connectivity index (χ1) is 6.00. The lowest BCUT2D eigenvalue weighted by atomic mass is 10.2. The maximum Gasteiger partial charge on any atom is -0.0133 e. The van der Waals surface area contributed by atoms with Gasteiger partial charge in [0.15, 0.2) is 0 Å². The molecule has 0 fully saturated rings. The standard InChI is InChI=1S/C12H15/c1-2-4-6-8-10-12-11-9-7-5-3-1/h1-6,9,11-12H,7-8,10H2/b2-1-,5-3+,6-4+,12-11+. The molecule has 0 saturated carbocycles. The van der Waals surface area contributed by atoms with Gasteiger partial charge < -0.3 is 0 Å². The summed E-state index contributed by atoms with van der Waals surface area (Å²) in [5.41, 5.74) is 0. The summed E-state index contributed by atoms with van der Waals surface area (Å²) in [5.74, 6) is 0. The van der Waals surface area contributed by atoms with Crippen LogP contribution in [0.1, 0.15) is 19.3 Å². The molecule has 0 aromatic rings. The Bertz CT molecular complexity index is 182. The van der Waals surface area contributed by atoms with Crippen LogP contribution in [0.15, 0.2) is 48.6 Å². The molecular weight excluding hydrogens is 144 g/mol. The van der Waals surface area contributed by atoms with Crippen molar-refractivity contribution in [1.82, 2.24) is 0 Å². The van der Waals surface area contributed by atoms with Crippen LogP contribution in [0.2, 0.25) is 0 Å². The van der Waals surface area contributed by atoms with E-state index < -0.39 is 0 Å². The van der Waals surface area contributed by atoms with E-state index in [0.717, 1.165) is 19.3 Å². The Morgan fingerprint density at radius 1 is 0.583 bits per heavy atom. The topological polar surface area (TPSA) is 0 Å². The lowest BCUT2D eigenvalue weighted by Crippen LogP contribution is -1.69. The first-order valence-corrected chi connectivity index (χ1v) is 4.47. The van der Waals surface area contributed by atoms with Crippen molar-refractivity contribution in [3.8, 4) is 0 Å². The molecule has 12 heavy (non-hydrogen) atoms. The number of allylic oxidation sites excluding steroid dienone is 8. The van der Waals surface area contributed by atoms with E-state index >= 15 is 0 Å². The maximum atomic E-state index is 2.21. The third kappa shape index (κ3) is 4.73. The number of hydrogen-bond donors (Lipinski definition) is 0. The molecule has 0 bridgehead atoms. The highest BCUT2D eigenvalue weighted by molar-refractivity contribution is 5.13. The number of rotatable bonds is 0. The molecule has 0 atom stereocenters. The molecule has 0 aliphatic heterocycles. The van der Waals surface area contributed by atoms with E-state index in [1.807, 2.05) is 0 Å². The molecule has 1 radical (unpaired) electrons. The maximum absolute atomic E-state index is 2.21. The fourth-order valence-corrected chi connectivity index (χ4v) is 1.00. The molecule has 0 spiro atoms. The van der Waals surface area contributed by atoms with Crippen molar-refractivity contribution in [2.24, 2.45) is 0 Å². The fraction of sp³-hybridized carbons (Fsp3) is 0.250. The minimum atomic E-state index is 1.03. The van der Waals surface area contributed by atoms with E-state index in [9.17, 15) is 0 Å². The molecule has 63 valence electrons. The first kappa shape index (κ1) is 9.05. The van der Waals surface area contributed by atoms with Crippen LogP contribution in [0.5, 0.6) is 0 Å². The zero-order valence-electron chi connectivity index (χ0n) is 7.32. The Hall–Kier alpha value is -1.04. The van der Waals surface area contributed by atoms with E-state index in [2.05, 4.69) is 55.0 Å². The molecule has 0 aromatic carbocycles. The summed E-state index contributed by atoms with van der Waals surface area (Å²) < 4.78 is 0. The van der Waals surface area contributed by atoms with E-state index in [-0.39, 0.29) is 0 Å². The van der Waals surface area contributed by atoms with Crippen LogP contribution in [0.3, 0.4) is 0 Å². The molecule has 1 aliphatic rings. The van der Waals surface area contributed by atoms with Crippen LogP contribution in [-0.4, -0.2) is 0 Å². The van der Waals surface area contributed by atoms with Gasteiger partial charge in [-0.2, -0.15) is 0 Å². The van der Waals surface area contributed by atoms with Gasteiger partial charge in [0.25, 0.3) is 0 Å². The molecule has 0 unspecified atom stereocenters. The summed E-state index contributed by atoms with van der Waals surface area (Å²) in [6.07, 6.45) is 22.5. The largest absolute Gasteiger partial charge is 0.0879 e. The van der Waals surface area contributed by atoms with Crippen molar-refractivity contribution in [1.29, 1.82) is 0 Å². The van der Waals surface area contributed by atoms with E-state index in [1.165, 1.54) is 0 Å². The fourth-order valence-electron chi connectivity index (χ4n) is 1.00. The van der Waals surface area contributed by atoms with E-state index in [0.29, 0.717) is 0 Å². The van der Waals surface area contributed by atoms with Crippen molar-refractivity contribution in [2.75, 3.05) is 0 Å². The smallest absolute Gasteiger partial charge is 0.0133 e. The van der Waals surface area contributed by atoms with Gasteiger partial charge in [-0.15, -0.1) is 0 Å². The molecule has 0 saturated heterocycles. The van der Waals surface area contributed by atoms with Gasteiger partial charge in [-0.25, -0.2) is 0 Å². The molecular formula is C12H15. The average Bonchev–Trinajstić information content (AvgIpc) is 2.05. The Kier molecular flexibility index (Phi) is 5.02. The van der Waals surface area contributed by atoms with Gasteiger partial charge in [-0.05, 0) is 25.7 Å². The highest BCUT2D eigenvalue weighted by Crippen LogP contribution is 1.98. The molecule has 0 heteroatoms. The molecule has 1 rings (SSSR count). The SMILES string of the molecule is [CH]1/C=C/CC/C=C/C=C\C=C\C1. The lowest BCUT2D eigenvalue weighted by Gasteiger charge is -1.88. The second-order valence-corrected chi connectivity index (χ2v) is 2.72. The zero-order valence-corrected chi connectivity index (χ0v) is 7.32. The predicted molar refractivity (Wildman–Crippen MR) is 54.7 cm³/mol. The summed E-state index contributed by atoms with van der Waals surface area (Å²) in [6.45, 7) is 0. The average molecular weight is 159 g/mol. The molecule has 0 aromatic heterocycles. The van der Waals surface area contributed by atoms with Gasteiger partial charge in [-0.3, -0.25) is 0 Å². The summed E-state index contributed by atoms with van der Waals surface area (Å²) in [5, 5.41) is 0. The first-order valence-electron chi connectivity index (χ1n) is 4.47. The summed E-state index contributed by atoms with van der Waals surface area (Å²) in [4.78, 5) is 0. The van der Waals surface area contributed by atoms with Crippen molar-refractivity contribution >= 4 is 0 Å². The van der Waals surface area contributed by atoms with Crippen molar-refractivity contribution in [3.05, 3.63) is 55.0 Å².